The van der Waals surface area contributed by atoms with Crippen molar-refractivity contribution in [3.8, 4) is 5.75 Å². The molecule has 5 heteroatoms. The molecular weight excluding hydrogens is 282 g/mol. The van der Waals surface area contributed by atoms with Gasteiger partial charge in [0.1, 0.15) is 5.75 Å². The number of carbonyl (C=O) groups is 2. The van der Waals surface area contributed by atoms with Crippen LogP contribution in [-0.2, 0) is 6.42 Å². The van der Waals surface area contributed by atoms with Gasteiger partial charge in [-0.2, -0.15) is 0 Å². The van der Waals surface area contributed by atoms with Crippen LogP contribution >= 0.6 is 0 Å². The van der Waals surface area contributed by atoms with Gasteiger partial charge in [-0.3, -0.25) is 4.79 Å². The molecule has 2 aromatic carbocycles. The summed E-state index contributed by atoms with van der Waals surface area (Å²) in [5.74, 6) is -0.610. The highest BCUT2D eigenvalue weighted by atomic mass is 16.5. The molecule has 0 fully saturated rings. The maximum Gasteiger partial charge on any atom is 0.335 e. The maximum atomic E-state index is 12.1. The number of benzene rings is 2. The summed E-state index contributed by atoms with van der Waals surface area (Å²) in [6.07, 6.45) is 0.626. The summed E-state index contributed by atoms with van der Waals surface area (Å²) in [5.41, 5.74) is 1.71. The van der Waals surface area contributed by atoms with Gasteiger partial charge in [-0.25, -0.2) is 4.79 Å². The van der Waals surface area contributed by atoms with Crippen LogP contribution in [0.2, 0.25) is 0 Å². The van der Waals surface area contributed by atoms with Crippen LogP contribution in [0.4, 0.5) is 0 Å². The predicted molar refractivity (Wildman–Crippen MR) is 82.4 cm³/mol. The number of para-hydroxylation sites is 1. The van der Waals surface area contributed by atoms with Crippen molar-refractivity contribution in [2.24, 2.45) is 0 Å². The molecule has 0 radical (unpaired) electrons. The van der Waals surface area contributed by atoms with E-state index in [1.807, 2.05) is 0 Å². The number of carboxylic acid groups (broad SMARTS) is 1. The fourth-order valence-corrected chi connectivity index (χ4v) is 2.06. The minimum atomic E-state index is -0.948. The lowest BCUT2D eigenvalue weighted by Crippen LogP contribution is -2.26. The molecule has 2 aromatic rings. The number of aromatic carboxylic acids is 1. The molecule has 5 nitrogen and oxygen atoms in total. The van der Waals surface area contributed by atoms with Crippen LogP contribution in [0.3, 0.4) is 0 Å². The summed E-state index contributed by atoms with van der Waals surface area (Å²) in [6, 6.07) is 13.6. The van der Waals surface area contributed by atoms with Crippen molar-refractivity contribution in [1.82, 2.24) is 5.32 Å². The van der Waals surface area contributed by atoms with E-state index in [-0.39, 0.29) is 11.5 Å². The highest BCUT2D eigenvalue weighted by molar-refractivity contribution is 5.96. The van der Waals surface area contributed by atoms with E-state index in [1.165, 1.54) is 7.11 Å². The third-order valence-electron chi connectivity index (χ3n) is 3.25. The highest BCUT2D eigenvalue weighted by Gasteiger charge is 2.10. The van der Waals surface area contributed by atoms with Gasteiger partial charge in [-0.05, 0) is 36.2 Å². The summed E-state index contributed by atoms with van der Waals surface area (Å²) in [5, 5.41) is 11.7. The van der Waals surface area contributed by atoms with Crippen molar-refractivity contribution in [3.05, 3.63) is 65.2 Å². The van der Waals surface area contributed by atoms with Crippen LogP contribution in [-0.4, -0.2) is 30.6 Å². The van der Waals surface area contributed by atoms with E-state index >= 15 is 0 Å². The van der Waals surface area contributed by atoms with Crippen molar-refractivity contribution in [3.63, 3.8) is 0 Å². The summed E-state index contributed by atoms with van der Waals surface area (Å²) >= 11 is 0. The van der Waals surface area contributed by atoms with Gasteiger partial charge in [0.2, 0.25) is 0 Å². The number of rotatable bonds is 6. The Labute approximate surface area is 128 Å². The highest BCUT2D eigenvalue weighted by Crippen LogP contribution is 2.16. The molecular formula is C17H17NO4. The number of methoxy groups -OCH3 is 1. The van der Waals surface area contributed by atoms with Crippen molar-refractivity contribution in [2.45, 2.75) is 6.42 Å². The molecule has 0 bridgehead atoms. The Hall–Kier alpha value is -2.82. The lowest BCUT2D eigenvalue weighted by Gasteiger charge is -2.09. The first kappa shape index (κ1) is 15.6. The Morgan fingerprint density at radius 2 is 1.77 bits per heavy atom. The molecule has 0 heterocycles. The number of nitrogens with one attached hydrogen (secondary N) is 1. The van der Waals surface area contributed by atoms with Crippen LogP contribution in [0.15, 0.2) is 48.5 Å². The van der Waals surface area contributed by atoms with Gasteiger partial charge in [0.15, 0.2) is 0 Å². The van der Waals surface area contributed by atoms with Crippen LogP contribution in [0, 0.1) is 0 Å². The largest absolute Gasteiger partial charge is 0.496 e. The van der Waals surface area contributed by atoms with Crippen LogP contribution in [0.1, 0.15) is 26.3 Å². The Morgan fingerprint density at radius 1 is 1.09 bits per heavy atom. The number of carboxylic acids is 1. The van der Waals surface area contributed by atoms with E-state index in [2.05, 4.69) is 5.32 Å². The molecule has 22 heavy (non-hydrogen) atoms. The van der Waals surface area contributed by atoms with E-state index < -0.39 is 5.97 Å². The summed E-state index contributed by atoms with van der Waals surface area (Å²) in [7, 11) is 1.52. The second kappa shape index (κ2) is 7.26. The Balaban J connectivity index is 1.90. The van der Waals surface area contributed by atoms with Gasteiger partial charge in [-0.1, -0.05) is 24.3 Å². The van der Waals surface area contributed by atoms with Gasteiger partial charge in [0.25, 0.3) is 5.91 Å². The molecule has 0 atom stereocenters. The van der Waals surface area contributed by atoms with E-state index in [1.54, 1.807) is 48.5 Å². The van der Waals surface area contributed by atoms with Gasteiger partial charge in [0.05, 0.1) is 18.2 Å². The molecule has 114 valence electrons. The van der Waals surface area contributed by atoms with E-state index in [9.17, 15) is 9.59 Å². The molecule has 0 unspecified atom stereocenters. The topological polar surface area (TPSA) is 75.6 Å². The minimum absolute atomic E-state index is 0.195. The zero-order valence-corrected chi connectivity index (χ0v) is 12.2. The lowest BCUT2D eigenvalue weighted by atomic mass is 10.1. The average molecular weight is 299 g/mol. The van der Waals surface area contributed by atoms with Gasteiger partial charge >= 0.3 is 5.97 Å². The third kappa shape index (κ3) is 3.85. The van der Waals surface area contributed by atoms with E-state index in [0.717, 1.165) is 5.56 Å². The molecule has 2 N–H and O–H groups in total. The Bertz CT molecular complexity index is 665. The molecule has 0 spiro atoms. The number of amides is 1. The number of hydrogen-bond acceptors (Lipinski definition) is 3. The second-order valence-electron chi connectivity index (χ2n) is 4.71. The fraction of sp³-hybridized carbons (Fsp3) is 0.176. The molecule has 0 saturated carbocycles. The molecule has 0 aliphatic carbocycles. The Morgan fingerprint density at radius 3 is 2.41 bits per heavy atom. The normalized spacial score (nSPS) is 10.0. The SMILES string of the molecule is COc1ccccc1C(=O)NCCc1ccc(C(=O)O)cc1. The predicted octanol–water partition coefficient (Wildman–Crippen LogP) is 2.37. The number of ether oxygens (including phenoxy) is 1. The van der Waals surface area contributed by atoms with E-state index in [0.29, 0.717) is 24.3 Å². The first-order chi connectivity index (χ1) is 10.6. The van der Waals surface area contributed by atoms with Crippen LogP contribution < -0.4 is 10.1 Å². The quantitative estimate of drug-likeness (QED) is 0.858. The number of hydrogen-bond donors (Lipinski definition) is 2. The number of carbonyl (C=O) groups excluding carboxylic acids is 1. The standard InChI is InChI=1S/C17H17NO4/c1-22-15-5-3-2-4-14(15)16(19)18-11-10-12-6-8-13(9-7-12)17(20)21/h2-9H,10-11H2,1H3,(H,18,19)(H,20,21). The van der Waals surface area contributed by atoms with Gasteiger partial charge in [-0.15, -0.1) is 0 Å². The molecule has 0 aromatic heterocycles. The second-order valence-corrected chi connectivity index (χ2v) is 4.71. The smallest absolute Gasteiger partial charge is 0.335 e. The van der Waals surface area contributed by atoms with E-state index in [4.69, 9.17) is 9.84 Å². The molecule has 2 rings (SSSR count). The summed E-state index contributed by atoms with van der Waals surface area (Å²) < 4.78 is 5.15. The average Bonchev–Trinajstić information content (AvgIpc) is 2.55. The van der Waals surface area contributed by atoms with Crippen LogP contribution in [0.25, 0.3) is 0 Å². The first-order valence-electron chi connectivity index (χ1n) is 6.85. The van der Waals surface area contributed by atoms with Gasteiger partial charge in [0, 0.05) is 6.54 Å². The molecule has 1 amide bonds. The molecule has 0 saturated heterocycles. The van der Waals surface area contributed by atoms with Crippen molar-refractivity contribution < 1.29 is 19.4 Å². The summed E-state index contributed by atoms with van der Waals surface area (Å²) in [6.45, 7) is 0.462. The third-order valence-corrected chi connectivity index (χ3v) is 3.25. The zero-order chi connectivity index (χ0) is 15.9. The fourth-order valence-electron chi connectivity index (χ4n) is 2.06. The summed E-state index contributed by atoms with van der Waals surface area (Å²) in [4.78, 5) is 22.9. The van der Waals surface area contributed by atoms with Crippen molar-refractivity contribution >= 4 is 11.9 Å². The van der Waals surface area contributed by atoms with Crippen LogP contribution in [0.5, 0.6) is 5.75 Å². The van der Waals surface area contributed by atoms with Crippen molar-refractivity contribution in [1.29, 1.82) is 0 Å². The lowest BCUT2D eigenvalue weighted by molar-refractivity contribution is 0.0696. The minimum Gasteiger partial charge on any atom is -0.496 e. The monoisotopic (exact) mass is 299 g/mol. The first-order valence-corrected chi connectivity index (χ1v) is 6.85. The Kier molecular flexibility index (Phi) is 5.14. The van der Waals surface area contributed by atoms with Gasteiger partial charge < -0.3 is 15.2 Å². The van der Waals surface area contributed by atoms with Crippen molar-refractivity contribution in [2.75, 3.05) is 13.7 Å². The maximum absolute atomic E-state index is 12.1. The zero-order valence-electron chi connectivity index (χ0n) is 12.2. The molecule has 0 aliphatic heterocycles. The molecule has 0 aliphatic rings.